The molecule has 0 bridgehead atoms. The summed E-state index contributed by atoms with van der Waals surface area (Å²) in [5.74, 6) is 0.909. The third-order valence-corrected chi connectivity index (χ3v) is 7.19. The standard InChI is InChI=1S/C12H18N2O3.C11H16N2O4/c1-4-9-7(2)8(3)11(17-9)14-6-5-10(15)13-12(14)16;1-6-7(2)10(17-8(6)5-14)13-4-3-9(15)12-11(13)16/h5-9,11H,4H2,1-3H3,(H,13,15,16);3-4,6-8,10,14H,5H2,1-2H3,(H,12,15,16). The van der Waals surface area contributed by atoms with E-state index in [1.54, 1.807) is 0 Å². The van der Waals surface area contributed by atoms with Gasteiger partial charge in [0.05, 0.1) is 18.8 Å². The number of aromatic nitrogens is 4. The van der Waals surface area contributed by atoms with Crippen molar-refractivity contribution in [2.75, 3.05) is 6.61 Å². The van der Waals surface area contributed by atoms with Crippen LogP contribution in [0.15, 0.2) is 43.7 Å². The van der Waals surface area contributed by atoms with Crippen molar-refractivity contribution in [2.24, 2.45) is 23.7 Å². The Labute approximate surface area is 196 Å². The fourth-order valence-electron chi connectivity index (χ4n) is 4.62. The van der Waals surface area contributed by atoms with E-state index in [9.17, 15) is 19.2 Å². The second kappa shape index (κ2) is 10.7. The van der Waals surface area contributed by atoms with E-state index in [0.717, 1.165) is 6.42 Å². The van der Waals surface area contributed by atoms with Crippen LogP contribution in [0.2, 0.25) is 0 Å². The van der Waals surface area contributed by atoms with Crippen molar-refractivity contribution >= 4 is 0 Å². The second-order valence-electron chi connectivity index (χ2n) is 9.19. The summed E-state index contributed by atoms with van der Waals surface area (Å²) >= 11 is 0. The fourth-order valence-corrected chi connectivity index (χ4v) is 4.62. The van der Waals surface area contributed by atoms with Gasteiger partial charge in [0.2, 0.25) is 0 Å². The van der Waals surface area contributed by atoms with Crippen LogP contribution in [0.25, 0.3) is 0 Å². The van der Waals surface area contributed by atoms with Crippen molar-refractivity contribution in [1.29, 1.82) is 0 Å². The highest BCUT2D eigenvalue weighted by atomic mass is 16.5. The monoisotopic (exact) mass is 478 g/mol. The zero-order valence-electron chi connectivity index (χ0n) is 20.1. The Morgan fingerprint density at radius 3 is 1.50 bits per heavy atom. The predicted molar refractivity (Wildman–Crippen MR) is 124 cm³/mol. The molecule has 2 fully saturated rings. The van der Waals surface area contributed by atoms with Gasteiger partial charge < -0.3 is 14.6 Å². The van der Waals surface area contributed by atoms with Gasteiger partial charge in [-0.3, -0.25) is 28.7 Å². The zero-order chi connectivity index (χ0) is 25.2. The Kier molecular flexibility index (Phi) is 8.11. The first-order valence-corrected chi connectivity index (χ1v) is 11.6. The lowest BCUT2D eigenvalue weighted by molar-refractivity contribution is -0.0376. The normalized spacial score (nSPS) is 32.9. The summed E-state index contributed by atoms with van der Waals surface area (Å²) in [4.78, 5) is 49.8. The second-order valence-corrected chi connectivity index (χ2v) is 9.19. The SMILES string of the molecule is CC1C(CO)OC(n2ccc(=O)[nH]c2=O)C1C.CCC1OC(n2ccc(=O)[nH]c2=O)C(C)C1C. The highest BCUT2D eigenvalue weighted by Gasteiger charge is 2.40. The molecule has 0 aliphatic carbocycles. The molecule has 188 valence electrons. The molecule has 0 radical (unpaired) electrons. The highest BCUT2D eigenvalue weighted by Crippen LogP contribution is 2.39. The molecule has 2 saturated heterocycles. The highest BCUT2D eigenvalue weighted by molar-refractivity contribution is 4.91. The molecule has 3 N–H and O–H groups in total. The van der Waals surface area contributed by atoms with Crippen LogP contribution >= 0.6 is 0 Å². The predicted octanol–water partition coefficient (Wildman–Crippen LogP) is 0.815. The Morgan fingerprint density at radius 2 is 1.18 bits per heavy atom. The van der Waals surface area contributed by atoms with Crippen LogP contribution in [0.3, 0.4) is 0 Å². The molecule has 34 heavy (non-hydrogen) atoms. The molecule has 11 nitrogen and oxygen atoms in total. The molecule has 0 amide bonds. The number of aliphatic hydroxyl groups is 1. The summed E-state index contributed by atoms with van der Waals surface area (Å²) in [7, 11) is 0. The Balaban J connectivity index is 0.000000191. The number of rotatable bonds is 4. The summed E-state index contributed by atoms with van der Waals surface area (Å²) < 4.78 is 14.3. The molecular weight excluding hydrogens is 444 g/mol. The first-order valence-electron chi connectivity index (χ1n) is 11.6. The van der Waals surface area contributed by atoms with E-state index in [-0.39, 0.29) is 48.4 Å². The number of nitrogens with zero attached hydrogens (tertiary/aromatic N) is 2. The number of ether oxygens (including phenoxy) is 2. The van der Waals surface area contributed by atoms with Crippen molar-refractivity contribution in [3.63, 3.8) is 0 Å². The summed E-state index contributed by atoms with van der Waals surface area (Å²) in [6.07, 6.45) is 3.05. The average molecular weight is 479 g/mol. The fraction of sp³-hybridized carbons (Fsp3) is 0.652. The van der Waals surface area contributed by atoms with Crippen LogP contribution in [0.5, 0.6) is 0 Å². The van der Waals surface area contributed by atoms with Crippen LogP contribution in [-0.4, -0.2) is 43.0 Å². The Hall–Kier alpha value is -2.76. The van der Waals surface area contributed by atoms with Gasteiger partial charge in [0, 0.05) is 36.4 Å². The van der Waals surface area contributed by atoms with Crippen LogP contribution in [-0.2, 0) is 9.47 Å². The lowest BCUT2D eigenvalue weighted by Crippen LogP contribution is -2.33. The molecule has 8 unspecified atom stereocenters. The molecule has 8 atom stereocenters. The molecule has 4 rings (SSSR count). The minimum Gasteiger partial charge on any atom is -0.394 e. The number of aliphatic hydroxyl groups excluding tert-OH is 1. The largest absolute Gasteiger partial charge is 0.394 e. The van der Waals surface area contributed by atoms with E-state index < -0.39 is 23.2 Å². The van der Waals surface area contributed by atoms with Crippen LogP contribution < -0.4 is 22.5 Å². The van der Waals surface area contributed by atoms with Gasteiger partial charge in [-0.2, -0.15) is 0 Å². The van der Waals surface area contributed by atoms with Crippen LogP contribution in [0.4, 0.5) is 0 Å². The third-order valence-electron chi connectivity index (χ3n) is 7.19. The third kappa shape index (κ3) is 5.16. The minimum atomic E-state index is -0.486. The molecule has 4 heterocycles. The molecule has 11 heteroatoms. The van der Waals surface area contributed by atoms with Gasteiger partial charge in [0.15, 0.2) is 0 Å². The van der Waals surface area contributed by atoms with Crippen LogP contribution in [0.1, 0.15) is 53.5 Å². The van der Waals surface area contributed by atoms with Gasteiger partial charge in [0.1, 0.15) is 12.5 Å². The Bertz CT molecular complexity index is 1110. The van der Waals surface area contributed by atoms with Crippen molar-refractivity contribution in [2.45, 2.75) is 65.7 Å². The van der Waals surface area contributed by atoms with Gasteiger partial charge in [-0.1, -0.05) is 34.6 Å². The Morgan fingerprint density at radius 1 is 0.765 bits per heavy atom. The maximum Gasteiger partial charge on any atom is 0.330 e. The molecule has 2 aliphatic heterocycles. The van der Waals surface area contributed by atoms with Crippen molar-refractivity contribution in [1.82, 2.24) is 19.1 Å². The van der Waals surface area contributed by atoms with Gasteiger partial charge in [-0.25, -0.2) is 9.59 Å². The number of H-pyrrole nitrogens is 2. The summed E-state index contributed by atoms with van der Waals surface area (Å²) in [5, 5.41) is 9.16. The van der Waals surface area contributed by atoms with Crippen molar-refractivity contribution < 1.29 is 14.6 Å². The maximum absolute atomic E-state index is 11.7. The topological polar surface area (TPSA) is 148 Å². The van der Waals surface area contributed by atoms with E-state index in [1.165, 1.54) is 33.7 Å². The molecule has 0 spiro atoms. The van der Waals surface area contributed by atoms with Crippen molar-refractivity contribution in [3.8, 4) is 0 Å². The van der Waals surface area contributed by atoms with Gasteiger partial charge >= 0.3 is 11.4 Å². The first-order chi connectivity index (χ1) is 16.1. The first kappa shape index (κ1) is 25.9. The van der Waals surface area contributed by atoms with E-state index >= 15 is 0 Å². The number of nitrogens with one attached hydrogen (secondary N) is 2. The maximum atomic E-state index is 11.7. The number of aromatic amines is 2. The van der Waals surface area contributed by atoms with E-state index in [4.69, 9.17) is 14.6 Å². The minimum absolute atomic E-state index is 0.0693. The van der Waals surface area contributed by atoms with E-state index in [1.807, 2.05) is 13.8 Å². The molecular formula is C23H34N4O7. The zero-order valence-corrected chi connectivity index (χ0v) is 20.1. The average Bonchev–Trinajstić information content (AvgIpc) is 3.24. The van der Waals surface area contributed by atoms with Gasteiger partial charge in [-0.15, -0.1) is 0 Å². The molecule has 2 aromatic heterocycles. The quantitative estimate of drug-likeness (QED) is 0.589. The van der Waals surface area contributed by atoms with Crippen LogP contribution in [0, 0.1) is 23.7 Å². The van der Waals surface area contributed by atoms with E-state index in [2.05, 4.69) is 30.7 Å². The molecule has 2 aliphatic rings. The van der Waals surface area contributed by atoms with Gasteiger partial charge in [0.25, 0.3) is 11.1 Å². The number of hydrogen-bond donors (Lipinski definition) is 3. The lowest BCUT2D eigenvalue weighted by Gasteiger charge is -2.18. The summed E-state index contributed by atoms with van der Waals surface area (Å²) in [5.41, 5.74) is -1.70. The summed E-state index contributed by atoms with van der Waals surface area (Å²) in [6.45, 7) is 10.1. The summed E-state index contributed by atoms with van der Waals surface area (Å²) in [6, 6.07) is 2.63. The number of hydrogen-bond acceptors (Lipinski definition) is 7. The smallest absolute Gasteiger partial charge is 0.330 e. The molecule has 0 aromatic carbocycles. The van der Waals surface area contributed by atoms with Gasteiger partial charge in [-0.05, 0) is 18.3 Å². The van der Waals surface area contributed by atoms with E-state index in [0.29, 0.717) is 5.92 Å². The molecule has 2 aromatic rings. The lowest BCUT2D eigenvalue weighted by atomic mass is 9.91. The van der Waals surface area contributed by atoms with Crippen molar-refractivity contribution in [3.05, 3.63) is 66.2 Å². The molecule has 0 saturated carbocycles.